The van der Waals surface area contributed by atoms with Crippen LogP contribution in [0.2, 0.25) is 0 Å². The van der Waals surface area contributed by atoms with E-state index in [9.17, 15) is 4.79 Å². The quantitative estimate of drug-likeness (QED) is 0.573. The Bertz CT molecular complexity index is 1100. The van der Waals surface area contributed by atoms with Crippen molar-refractivity contribution in [2.75, 3.05) is 24.5 Å². The maximum absolute atomic E-state index is 12.4. The van der Waals surface area contributed by atoms with Crippen LogP contribution in [0.5, 0.6) is 0 Å². The third-order valence-corrected chi connectivity index (χ3v) is 5.23. The largest absolute Gasteiger partial charge is 0.354 e. The summed E-state index contributed by atoms with van der Waals surface area (Å²) in [4.78, 5) is 18.6. The van der Waals surface area contributed by atoms with Crippen LogP contribution in [0.15, 0.2) is 73.3 Å². The van der Waals surface area contributed by atoms with Crippen LogP contribution in [0.3, 0.4) is 0 Å². The fraction of sp³-hybridized carbons (Fsp3) is 0.182. The molecule has 7 nitrogen and oxygen atoms in total. The lowest BCUT2D eigenvalue weighted by Crippen LogP contribution is -2.51. The maximum atomic E-state index is 12.4. The normalized spacial score (nSPS) is 14.0. The molecule has 5 rings (SSSR count). The van der Waals surface area contributed by atoms with Gasteiger partial charge < -0.3 is 14.6 Å². The molecule has 0 atom stereocenters. The van der Waals surface area contributed by atoms with Crippen molar-refractivity contribution in [3.63, 3.8) is 0 Å². The van der Waals surface area contributed by atoms with Crippen LogP contribution in [0.25, 0.3) is 16.8 Å². The summed E-state index contributed by atoms with van der Waals surface area (Å²) in [7, 11) is 0. The Morgan fingerprint density at radius 2 is 1.93 bits per heavy atom. The van der Waals surface area contributed by atoms with Gasteiger partial charge in [-0.2, -0.15) is 0 Å². The average Bonchev–Trinajstić information content (AvgIpc) is 3.18. The second kappa shape index (κ2) is 7.35. The Labute approximate surface area is 168 Å². The molecule has 0 aliphatic carbocycles. The molecule has 29 heavy (non-hydrogen) atoms. The van der Waals surface area contributed by atoms with E-state index in [1.165, 1.54) is 0 Å². The van der Waals surface area contributed by atoms with Crippen molar-refractivity contribution >= 4 is 17.2 Å². The molecule has 7 heteroatoms. The van der Waals surface area contributed by atoms with Crippen LogP contribution < -0.4 is 10.2 Å². The molecule has 1 amide bonds. The van der Waals surface area contributed by atoms with Crippen molar-refractivity contribution in [1.29, 1.82) is 0 Å². The van der Waals surface area contributed by atoms with Crippen LogP contribution in [0, 0.1) is 5.92 Å². The Morgan fingerprint density at radius 1 is 1.07 bits per heavy atom. The Balaban J connectivity index is 1.14. The van der Waals surface area contributed by atoms with E-state index in [-0.39, 0.29) is 5.91 Å². The highest BCUT2D eigenvalue weighted by molar-refractivity contribution is 5.95. The number of carbonyl (C=O) groups excluding carboxylic acids is 1. The standard InChI is InChI=1S/C22H20N6O/c29-22(18-11-19-3-1-2-10-27(19)15-18)24-12-16-13-28(14-16)21-5-4-20(25-26-21)17-6-8-23-9-7-17/h1-11,15-16H,12-14H2,(H,24,29). The molecule has 1 saturated heterocycles. The van der Waals surface area contributed by atoms with Crippen molar-refractivity contribution in [2.45, 2.75) is 0 Å². The zero-order valence-electron chi connectivity index (χ0n) is 15.8. The average molecular weight is 384 g/mol. The van der Waals surface area contributed by atoms with Gasteiger partial charge in [0.05, 0.1) is 11.3 Å². The number of pyridine rings is 2. The first-order valence-corrected chi connectivity index (χ1v) is 9.60. The summed E-state index contributed by atoms with van der Waals surface area (Å²) in [5.74, 6) is 1.25. The molecule has 0 aromatic carbocycles. The van der Waals surface area contributed by atoms with Crippen LogP contribution in [0.4, 0.5) is 5.82 Å². The Kier molecular flexibility index (Phi) is 4.40. The van der Waals surface area contributed by atoms with Crippen molar-refractivity contribution < 1.29 is 4.79 Å². The summed E-state index contributed by atoms with van der Waals surface area (Å²) >= 11 is 0. The number of hydrogen-bond donors (Lipinski definition) is 1. The number of fused-ring (bicyclic) bond motifs is 1. The Hall–Kier alpha value is -3.74. The number of anilines is 1. The predicted molar refractivity (Wildman–Crippen MR) is 111 cm³/mol. The molecule has 4 aromatic heterocycles. The lowest BCUT2D eigenvalue weighted by Gasteiger charge is -2.39. The van der Waals surface area contributed by atoms with E-state index >= 15 is 0 Å². The molecule has 144 valence electrons. The highest BCUT2D eigenvalue weighted by Crippen LogP contribution is 2.23. The molecule has 0 saturated carbocycles. The first-order valence-electron chi connectivity index (χ1n) is 9.60. The number of nitrogens with zero attached hydrogens (tertiary/aromatic N) is 5. The van der Waals surface area contributed by atoms with Gasteiger partial charge in [0.15, 0.2) is 5.82 Å². The predicted octanol–water partition coefficient (Wildman–Crippen LogP) is 2.66. The SMILES string of the molecule is O=C(NCC1CN(c2ccc(-c3ccncc3)nn2)C1)c1cc2ccccn2c1. The van der Waals surface area contributed by atoms with Crippen LogP contribution in [-0.2, 0) is 0 Å². The van der Waals surface area contributed by atoms with Gasteiger partial charge in [0, 0.05) is 61.4 Å². The first-order chi connectivity index (χ1) is 14.3. The minimum absolute atomic E-state index is 0.0337. The molecule has 0 spiro atoms. The van der Waals surface area contributed by atoms with Crippen LogP contribution in [-0.4, -0.2) is 45.1 Å². The number of hydrogen-bond acceptors (Lipinski definition) is 5. The maximum Gasteiger partial charge on any atom is 0.252 e. The molecule has 1 N–H and O–H groups in total. The fourth-order valence-corrected chi connectivity index (χ4v) is 3.58. The zero-order chi connectivity index (χ0) is 19.6. The fourth-order valence-electron chi connectivity index (χ4n) is 3.58. The third-order valence-electron chi connectivity index (χ3n) is 5.23. The van der Waals surface area contributed by atoms with Gasteiger partial charge in [0.2, 0.25) is 0 Å². The molecule has 1 fully saturated rings. The van der Waals surface area contributed by atoms with Gasteiger partial charge in [-0.1, -0.05) is 6.07 Å². The molecule has 1 aliphatic rings. The van der Waals surface area contributed by atoms with E-state index in [0.717, 1.165) is 35.7 Å². The molecule has 0 bridgehead atoms. The number of nitrogens with one attached hydrogen (secondary N) is 1. The number of amides is 1. The van der Waals surface area contributed by atoms with Gasteiger partial charge >= 0.3 is 0 Å². The van der Waals surface area contributed by atoms with Gasteiger partial charge in [-0.05, 0) is 42.5 Å². The van der Waals surface area contributed by atoms with Gasteiger partial charge in [0.1, 0.15) is 0 Å². The van der Waals surface area contributed by atoms with E-state index in [0.29, 0.717) is 18.0 Å². The lowest BCUT2D eigenvalue weighted by atomic mass is 10.00. The summed E-state index contributed by atoms with van der Waals surface area (Å²) in [6.45, 7) is 2.38. The molecule has 0 unspecified atom stereocenters. The van der Waals surface area contributed by atoms with Gasteiger partial charge in [0.25, 0.3) is 5.91 Å². The van der Waals surface area contributed by atoms with Crippen LogP contribution >= 0.6 is 0 Å². The van der Waals surface area contributed by atoms with E-state index in [1.807, 2.05) is 65.3 Å². The van der Waals surface area contributed by atoms with E-state index in [2.05, 4.69) is 25.4 Å². The topological polar surface area (TPSA) is 75.4 Å². The molecule has 5 heterocycles. The van der Waals surface area contributed by atoms with Gasteiger partial charge in [-0.15, -0.1) is 10.2 Å². The van der Waals surface area contributed by atoms with Crippen molar-refractivity contribution in [2.24, 2.45) is 5.92 Å². The minimum Gasteiger partial charge on any atom is -0.354 e. The van der Waals surface area contributed by atoms with E-state index in [1.54, 1.807) is 12.4 Å². The highest BCUT2D eigenvalue weighted by atomic mass is 16.1. The summed E-state index contributed by atoms with van der Waals surface area (Å²) < 4.78 is 1.95. The number of rotatable bonds is 5. The van der Waals surface area contributed by atoms with Crippen molar-refractivity contribution in [3.8, 4) is 11.3 Å². The Morgan fingerprint density at radius 3 is 2.69 bits per heavy atom. The third kappa shape index (κ3) is 3.54. The minimum atomic E-state index is -0.0337. The highest BCUT2D eigenvalue weighted by Gasteiger charge is 2.28. The number of aromatic nitrogens is 4. The summed E-state index contributed by atoms with van der Waals surface area (Å²) in [6, 6.07) is 15.6. The molecular weight excluding hydrogens is 364 g/mol. The summed E-state index contributed by atoms with van der Waals surface area (Å²) in [5.41, 5.74) is 3.54. The second-order valence-electron chi connectivity index (χ2n) is 7.26. The van der Waals surface area contributed by atoms with Gasteiger partial charge in [-0.3, -0.25) is 9.78 Å². The molecule has 4 aromatic rings. The van der Waals surface area contributed by atoms with E-state index in [4.69, 9.17) is 0 Å². The molecule has 0 radical (unpaired) electrons. The smallest absolute Gasteiger partial charge is 0.252 e. The monoisotopic (exact) mass is 384 g/mol. The lowest BCUT2D eigenvalue weighted by molar-refractivity contribution is 0.0944. The molecule has 1 aliphatic heterocycles. The van der Waals surface area contributed by atoms with Crippen LogP contribution in [0.1, 0.15) is 10.4 Å². The summed E-state index contributed by atoms with van der Waals surface area (Å²) in [5, 5.41) is 11.7. The molecular formula is C22H20N6O. The zero-order valence-corrected chi connectivity index (χ0v) is 15.8. The van der Waals surface area contributed by atoms with Crippen molar-refractivity contribution in [1.82, 2.24) is 24.9 Å². The van der Waals surface area contributed by atoms with E-state index < -0.39 is 0 Å². The summed E-state index contributed by atoms with van der Waals surface area (Å²) in [6.07, 6.45) is 7.29. The first kappa shape index (κ1) is 17.4. The van der Waals surface area contributed by atoms with Crippen molar-refractivity contribution in [3.05, 3.63) is 78.9 Å². The van der Waals surface area contributed by atoms with Gasteiger partial charge in [-0.25, -0.2) is 0 Å². The second-order valence-corrected chi connectivity index (χ2v) is 7.26. The number of carbonyl (C=O) groups is 1.